The van der Waals surface area contributed by atoms with E-state index in [0.717, 1.165) is 24.8 Å². The first-order chi connectivity index (χ1) is 10.6. The Kier molecular flexibility index (Phi) is 3.72. The van der Waals surface area contributed by atoms with E-state index in [1.165, 1.54) is 0 Å². The van der Waals surface area contributed by atoms with Crippen LogP contribution in [0.1, 0.15) is 60.3 Å². The highest BCUT2D eigenvalue weighted by atomic mass is 16.3. The van der Waals surface area contributed by atoms with Gasteiger partial charge < -0.3 is 5.11 Å². The number of fused-ring (bicyclic) bond motifs is 2. The van der Waals surface area contributed by atoms with Gasteiger partial charge >= 0.3 is 0 Å². The van der Waals surface area contributed by atoms with E-state index in [9.17, 15) is 14.7 Å². The fraction of sp³-hybridized carbons (Fsp3) is 0.700. The molecule has 3 atom stereocenters. The molecule has 3 rings (SSSR count). The van der Waals surface area contributed by atoms with Crippen LogP contribution in [-0.2, 0) is 9.59 Å². The third-order valence-corrected chi connectivity index (χ3v) is 6.38. The van der Waals surface area contributed by atoms with Crippen LogP contribution >= 0.6 is 0 Å². The van der Waals surface area contributed by atoms with Crippen molar-refractivity contribution in [1.29, 1.82) is 0 Å². The second-order valence-electron chi connectivity index (χ2n) is 8.87. The summed E-state index contributed by atoms with van der Waals surface area (Å²) in [5, 5.41) is 10.4. The molecule has 3 aliphatic carbocycles. The lowest BCUT2D eigenvalue weighted by molar-refractivity contribution is -0.135. The van der Waals surface area contributed by atoms with E-state index in [0.29, 0.717) is 23.5 Å². The first-order valence-electron chi connectivity index (χ1n) is 8.80. The third-order valence-electron chi connectivity index (χ3n) is 6.38. The molecule has 1 N–H and O–H groups in total. The largest absolute Gasteiger partial charge is 0.393 e. The van der Waals surface area contributed by atoms with Crippen molar-refractivity contribution in [2.75, 3.05) is 0 Å². The van der Waals surface area contributed by atoms with Crippen molar-refractivity contribution in [3.8, 4) is 0 Å². The Labute approximate surface area is 138 Å². The average molecular weight is 316 g/mol. The van der Waals surface area contributed by atoms with Gasteiger partial charge in [0.05, 0.1) is 6.10 Å². The molecular weight excluding hydrogens is 288 g/mol. The lowest BCUT2D eigenvalue weighted by Crippen LogP contribution is -2.52. The standard InChI is InChI=1S/C20H28O3/c1-11(2)14-8-12-6-7-15-19(3,4)9-13(21)10-20(15,5)16(12)18(23)17(14)22/h8,11,13,15,21H,6-7,9-10H2,1-5H3/t13-,15?,20-/m0/s1. The molecule has 3 nitrogen and oxygen atoms in total. The number of rotatable bonds is 1. The molecule has 1 unspecified atom stereocenters. The number of carbonyl (C=O) groups is 2. The average Bonchev–Trinajstić information content (AvgIpc) is 2.39. The molecule has 0 saturated heterocycles. The van der Waals surface area contributed by atoms with Gasteiger partial charge in [-0.15, -0.1) is 0 Å². The van der Waals surface area contributed by atoms with Gasteiger partial charge in [0.1, 0.15) is 0 Å². The van der Waals surface area contributed by atoms with Gasteiger partial charge in [-0.05, 0) is 48.5 Å². The number of allylic oxidation sites excluding steroid dienone is 4. The van der Waals surface area contributed by atoms with Crippen molar-refractivity contribution < 1.29 is 14.7 Å². The highest BCUT2D eigenvalue weighted by Gasteiger charge is 2.56. The minimum atomic E-state index is -0.406. The highest BCUT2D eigenvalue weighted by Crippen LogP contribution is 2.60. The van der Waals surface area contributed by atoms with Gasteiger partial charge in [0.2, 0.25) is 11.6 Å². The molecule has 1 saturated carbocycles. The lowest BCUT2D eigenvalue weighted by Gasteiger charge is -2.56. The molecule has 0 bridgehead atoms. The van der Waals surface area contributed by atoms with Crippen LogP contribution in [0.25, 0.3) is 0 Å². The van der Waals surface area contributed by atoms with Gasteiger partial charge in [-0.1, -0.05) is 40.7 Å². The number of ketones is 2. The Morgan fingerprint density at radius 3 is 2.39 bits per heavy atom. The summed E-state index contributed by atoms with van der Waals surface area (Å²) in [5.74, 6) is -0.246. The summed E-state index contributed by atoms with van der Waals surface area (Å²) in [5.41, 5.74) is 1.99. The Morgan fingerprint density at radius 2 is 1.78 bits per heavy atom. The zero-order valence-corrected chi connectivity index (χ0v) is 14.9. The highest BCUT2D eigenvalue weighted by molar-refractivity contribution is 6.50. The number of hydrogen-bond donors (Lipinski definition) is 1. The van der Waals surface area contributed by atoms with Crippen molar-refractivity contribution in [2.24, 2.45) is 22.7 Å². The Morgan fingerprint density at radius 1 is 1.13 bits per heavy atom. The van der Waals surface area contributed by atoms with E-state index in [-0.39, 0.29) is 28.3 Å². The number of aliphatic hydroxyl groups is 1. The van der Waals surface area contributed by atoms with Gasteiger partial charge in [-0.3, -0.25) is 9.59 Å². The fourth-order valence-electron chi connectivity index (χ4n) is 5.57. The Balaban J connectivity index is 2.16. The van der Waals surface area contributed by atoms with Crippen LogP contribution in [0.3, 0.4) is 0 Å². The van der Waals surface area contributed by atoms with Crippen LogP contribution in [0.15, 0.2) is 22.8 Å². The van der Waals surface area contributed by atoms with Crippen LogP contribution in [0, 0.1) is 22.7 Å². The maximum Gasteiger partial charge on any atom is 0.230 e. The van der Waals surface area contributed by atoms with E-state index in [1.54, 1.807) is 0 Å². The molecule has 0 aliphatic heterocycles. The molecule has 126 valence electrons. The molecule has 0 aromatic rings. The molecular formula is C20H28O3. The molecule has 0 amide bonds. The van der Waals surface area contributed by atoms with E-state index >= 15 is 0 Å². The fourth-order valence-corrected chi connectivity index (χ4v) is 5.57. The summed E-state index contributed by atoms with van der Waals surface area (Å²) in [7, 11) is 0. The Bertz CT molecular complexity index is 635. The number of Topliss-reactive ketones (excluding diaryl/α,β-unsaturated/α-hetero) is 2. The van der Waals surface area contributed by atoms with Crippen molar-refractivity contribution in [2.45, 2.75) is 66.4 Å². The minimum Gasteiger partial charge on any atom is -0.393 e. The lowest BCUT2D eigenvalue weighted by atomic mass is 9.48. The molecule has 23 heavy (non-hydrogen) atoms. The molecule has 0 spiro atoms. The van der Waals surface area contributed by atoms with Crippen LogP contribution in [0.5, 0.6) is 0 Å². The normalized spacial score (nSPS) is 36.7. The second-order valence-corrected chi connectivity index (χ2v) is 8.87. The molecule has 1 fully saturated rings. The van der Waals surface area contributed by atoms with Crippen LogP contribution < -0.4 is 0 Å². The SMILES string of the molecule is CC(C)C1=CC2=C(C(=O)C1=O)[C@@]1(C)C[C@@H](O)CC(C)(C)C1CC2. The summed E-state index contributed by atoms with van der Waals surface area (Å²) >= 11 is 0. The molecule has 0 radical (unpaired) electrons. The zero-order chi connectivity index (χ0) is 17.2. The molecule has 3 aliphatic rings. The minimum absolute atomic E-state index is 0.0175. The third kappa shape index (κ3) is 2.36. The summed E-state index contributed by atoms with van der Waals surface area (Å²) in [4.78, 5) is 25.5. The number of carbonyl (C=O) groups excluding carboxylic acids is 2. The van der Waals surface area contributed by atoms with Gasteiger partial charge in [0.15, 0.2) is 0 Å². The van der Waals surface area contributed by atoms with Gasteiger partial charge in [0, 0.05) is 16.6 Å². The maximum atomic E-state index is 12.9. The quantitative estimate of drug-likeness (QED) is 0.594. The zero-order valence-electron chi connectivity index (χ0n) is 14.9. The predicted octanol–water partition coefficient (Wildman–Crippen LogP) is 3.61. The molecule has 0 aromatic heterocycles. The van der Waals surface area contributed by atoms with Crippen LogP contribution in [0.2, 0.25) is 0 Å². The Hall–Kier alpha value is -1.22. The van der Waals surface area contributed by atoms with Gasteiger partial charge in [-0.2, -0.15) is 0 Å². The van der Waals surface area contributed by atoms with Gasteiger partial charge in [-0.25, -0.2) is 0 Å². The van der Waals surface area contributed by atoms with E-state index < -0.39 is 6.10 Å². The topological polar surface area (TPSA) is 54.4 Å². The summed E-state index contributed by atoms with van der Waals surface area (Å²) < 4.78 is 0. The smallest absolute Gasteiger partial charge is 0.230 e. The van der Waals surface area contributed by atoms with Crippen molar-refractivity contribution in [3.05, 3.63) is 22.8 Å². The van der Waals surface area contributed by atoms with Crippen molar-refractivity contribution in [1.82, 2.24) is 0 Å². The van der Waals surface area contributed by atoms with Crippen molar-refractivity contribution in [3.63, 3.8) is 0 Å². The van der Waals surface area contributed by atoms with Gasteiger partial charge in [0.25, 0.3) is 0 Å². The summed E-state index contributed by atoms with van der Waals surface area (Å²) in [6, 6.07) is 0. The molecule has 0 aromatic carbocycles. The molecule has 3 heteroatoms. The van der Waals surface area contributed by atoms with E-state index in [4.69, 9.17) is 0 Å². The summed E-state index contributed by atoms with van der Waals surface area (Å²) in [6.45, 7) is 10.4. The van der Waals surface area contributed by atoms with E-state index in [1.807, 2.05) is 19.9 Å². The predicted molar refractivity (Wildman–Crippen MR) is 89.8 cm³/mol. The summed E-state index contributed by atoms with van der Waals surface area (Å²) in [6.07, 6.45) is 4.81. The first-order valence-corrected chi connectivity index (χ1v) is 8.80. The number of aliphatic hydroxyl groups excluding tert-OH is 1. The van der Waals surface area contributed by atoms with Crippen LogP contribution in [-0.4, -0.2) is 22.8 Å². The van der Waals surface area contributed by atoms with E-state index in [2.05, 4.69) is 20.8 Å². The second kappa shape index (κ2) is 5.14. The monoisotopic (exact) mass is 316 g/mol. The molecule has 0 heterocycles. The van der Waals surface area contributed by atoms with Crippen molar-refractivity contribution >= 4 is 11.6 Å². The van der Waals surface area contributed by atoms with Crippen LogP contribution in [0.4, 0.5) is 0 Å². The first kappa shape index (κ1) is 16.6. The maximum absolute atomic E-state index is 12.9. The number of hydrogen-bond acceptors (Lipinski definition) is 3.